The lowest BCUT2D eigenvalue weighted by molar-refractivity contribution is -0.306. The first-order chi connectivity index (χ1) is 8.75. The molecule has 0 unspecified atom stereocenters. The number of carboxylic acids is 1. The molecule has 1 N–H and O–H groups in total. The van der Waals surface area contributed by atoms with Crippen molar-refractivity contribution in [2.45, 2.75) is 12.5 Å². The van der Waals surface area contributed by atoms with E-state index in [2.05, 4.69) is 5.32 Å². The SMILES string of the molecule is O=C([O-])[C@H](Cc1ccccc1)Nc1ccccc1. The highest BCUT2D eigenvalue weighted by molar-refractivity contribution is 5.75. The summed E-state index contributed by atoms with van der Waals surface area (Å²) in [5.74, 6) is -1.09. The number of anilines is 1. The topological polar surface area (TPSA) is 52.2 Å². The first-order valence-corrected chi connectivity index (χ1v) is 5.82. The number of rotatable bonds is 5. The third-order valence-corrected chi connectivity index (χ3v) is 2.68. The number of hydrogen-bond donors (Lipinski definition) is 1. The number of carboxylic acid groups (broad SMARTS) is 1. The van der Waals surface area contributed by atoms with Gasteiger partial charge in [0, 0.05) is 5.69 Å². The van der Waals surface area contributed by atoms with Crippen molar-refractivity contribution >= 4 is 11.7 Å². The fraction of sp³-hybridized carbons (Fsp3) is 0.133. The van der Waals surface area contributed by atoms with Gasteiger partial charge in [0.05, 0.1) is 12.0 Å². The number of nitrogens with one attached hydrogen (secondary N) is 1. The Morgan fingerprint density at radius 2 is 1.56 bits per heavy atom. The molecule has 18 heavy (non-hydrogen) atoms. The van der Waals surface area contributed by atoms with Crippen LogP contribution in [0, 0.1) is 0 Å². The van der Waals surface area contributed by atoms with Crippen LogP contribution in [0.3, 0.4) is 0 Å². The normalized spacial score (nSPS) is 11.8. The molecule has 0 aliphatic heterocycles. The van der Waals surface area contributed by atoms with E-state index < -0.39 is 12.0 Å². The average Bonchev–Trinajstić information content (AvgIpc) is 2.40. The first-order valence-electron chi connectivity index (χ1n) is 5.82. The van der Waals surface area contributed by atoms with E-state index in [9.17, 15) is 9.90 Å². The predicted molar refractivity (Wildman–Crippen MR) is 69.0 cm³/mol. The molecule has 0 aromatic heterocycles. The maximum atomic E-state index is 11.1. The Balaban J connectivity index is 2.08. The first kappa shape index (κ1) is 12.2. The smallest absolute Gasteiger partial charge is 0.0698 e. The second-order valence-corrected chi connectivity index (χ2v) is 4.07. The third kappa shape index (κ3) is 3.35. The summed E-state index contributed by atoms with van der Waals surface area (Å²) in [4.78, 5) is 11.1. The zero-order valence-electron chi connectivity index (χ0n) is 9.87. The molecule has 0 fully saturated rings. The molecule has 92 valence electrons. The minimum absolute atomic E-state index is 0.401. The molecule has 3 nitrogen and oxygen atoms in total. The van der Waals surface area contributed by atoms with E-state index in [0.717, 1.165) is 11.3 Å². The zero-order valence-corrected chi connectivity index (χ0v) is 9.87. The van der Waals surface area contributed by atoms with Gasteiger partial charge in [-0.15, -0.1) is 0 Å². The molecule has 2 rings (SSSR count). The summed E-state index contributed by atoms with van der Waals surface area (Å²) in [5, 5.41) is 14.1. The monoisotopic (exact) mass is 240 g/mol. The van der Waals surface area contributed by atoms with Gasteiger partial charge in [0.1, 0.15) is 0 Å². The van der Waals surface area contributed by atoms with Crippen LogP contribution in [-0.4, -0.2) is 12.0 Å². The molecule has 0 aliphatic rings. The van der Waals surface area contributed by atoms with E-state index in [1.54, 1.807) is 0 Å². The molecular weight excluding hydrogens is 226 g/mol. The highest BCUT2D eigenvalue weighted by Gasteiger charge is 2.10. The molecule has 0 saturated carbocycles. The van der Waals surface area contributed by atoms with E-state index in [1.807, 2.05) is 60.7 Å². The molecule has 0 saturated heterocycles. The summed E-state index contributed by atoms with van der Waals surface area (Å²) >= 11 is 0. The van der Waals surface area contributed by atoms with E-state index in [0.29, 0.717) is 6.42 Å². The van der Waals surface area contributed by atoms with E-state index in [4.69, 9.17) is 0 Å². The van der Waals surface area contributed by atoms with E-state index >= 15 is 0 Å². The average molecular weight is 240 g/mol. The van der Waals surface area contributed by atoms with Crippen molar-refractivity contribution in [3.63, 3.8) is 0 Å². The van der Waals surface area contributed by atoms with Crippen molar-refractivity contribution < 1.29 is 9.90 Å². The summed E-state index contributed by atoms with van der Waals surface area (Å²) in [6.45, 7) is 0. The molecule has 0 spiro atoms. The molecule has 0 heterocycles. The fourth-order valence-corrected chi connectivity index (χ4v) is 1.78. The zero-order chi connectivity index (χ0) is 12.8. The molecule has 2 aromatic rings. The lowest BCUT2D eigenvalue weighted by Crippen LogP contribution is -2.42. The van der Waals surface area contributed by atoms with Gasteiger partial charge >= 0.3 is 0 Å². The summed E-state index contributed by atoms with van der Waals surface area (Å²) in [6.07, 6.45) is 0.401. The van der Waals surface area contributed by atoms with Crippen LogP contribution < -0.4 is 10.4 Å². The van der Waals surface area contributed by atoms with Crippen LogP contribution in [0.4, 0.5) is 5.69 Å². The molecule has 3 heteroatoms. The summed E-state index contributed by atoms with van der Waals surface area (Å²) in [6, 6.07) is 18.0. The molecule has 0 radical (unpaired) electrons. The molecule has 1 atom stereocenters. The van der Waals surface area contributed by atoms with Crippen LogP contribution in [0.25, 0.3) is 0 Å². The second kappa shape index (κ2) is 5.87. The quantitative estimate of drug-likeness (QED) is 0.860. The van der Waals surface area contributed by atoms with Gasteiger partial charge in [-0.25, -0.2) is 0 Å². The second-order valence-electron chi connectivity index (χ2n) is 4.07. The Kier molecular flexibility index (Phi) is 3.97. The van der Waals surface area contributed by atoms with E-state index in [-0.39, 0.29) is 0 Å². The Bertz CT molecular complexity index is 455. The summed E-state index contributed by atoms with van der Waals surface area (Å²) in [7, 11) is 0. The number of aliphatic carboxylic acids is 1. The van der Waals surface area contributed by atoms with Crippen LogP contribution in [0.5, 0.6) is 0 Å². The van der Waals surface area contributed by atoms with Gasteiger partial charge in [0.2, 0.25) is 0 Å². The lowest BCUT2D eigenvalue weighted by atomic mass is 10.1. The molecule has 0 bridgehead atoms. The van der Waals surface area contributed by atoms with Crippen LogP contribution >= 0.6 is 0 Å². The van der Waals surface area contributed by atoms with Gasteiger partial charge in [0.15, 0.2) is 0 Å². The Hall–Kier alpha value is -2.29. The Morgan fingerprint density at radius 3 is 2.11 bits per heavy atom. The molecule has 0 amide bonds. The fourth-order valence-electron chi connectivity index (χ4n) is 1.78. The van der Waals surface area contributed by atoms with E-state index in [1.165, 1.54) is 0 Å². The van der Waals surface area contributed by atoms with Crippen molar-refractivity contribution in [2.24, 2.45) is 0 Å². The van der Waals surface area contributed by atoms with Gasteiger partial charge in [-0.2, -0.15) is 0 Å². The van der Waals surface area contributed by atoms with Gasteiger partial charge in [-0.3, -0.25) is 0 Å². The maximum Gasteiger partial charge on any atom is 0.0698 e. The van der Waals surface area contributed by atoms with Crippen LogP contribution in [0.2, 0.25) is 0 Å². The number of carbonyl (C=O) groups is 1. The molecule has 0 aliphatic carbocycles. The van der Waals surface area contributed by atoms with Crippen molar-refractivity contribution in [3.05, 3.63) is 66.2 Å². The van der Waals surface area contributed by atoms with Gasteiger partial charge in [-0.1, -0.05) is 48.5 Å². The van der Waals surface area contributed by atoms with Crippen molar-refractivity contribution in [1.82, 2.24) is 0 Å². The summed E-state index contributed by atoms with van der Waals surface area (Å²) in [5.41, 5.74) is 1.75. The van der Waals surface area contributed by atoms with Crippen molar-refractivity contribution in [3.8, 4) is 0 Å². The number of carbonyl (C=O) groups excluding carboxylic acids is 1. The maximum absolute atomic E-state index is 11.1. The number of para-hydroxylation sites is 1. The number of hydrogen-bond acceptors (Lipinski definition) is 3. The summed E-state index contributed by atoms with van der Waals surface area (Å²) < 4.78 is 0. The highest BCUT2D eigenvalue weighted by atomic mass is 16.4. The predicted octanol–water partition coefficient (Wildman–Crippen LogP) is 1.46. The van der Waals surface area contributed by atoms with Gasteiger partial charge in [-0.05, 0) is 24.1 Å². The van der Waals surface area contributed by atoms with Crippen molar-refractivity contribution in [2.75, 3.05) is 5.32 Å². The number of benzene rings is 2. The van der Waals surface area contributed by atoms with Crippen molar-refractivity contribution in [1.29, 1.82) is 0 Å². The van der Waals surface area contributed by atoms with Crippen LogP contribution in [0.15, 0.2) is 60.7 Å². The Morgan fingerprint density at radius 1 is 1.00 bits per heavy atom. The largest absolute Gasteiger partial charge is 0.548 e. The molecule has 2 aromatic carbocycles. The molecular formula is C15H14NO2-. The standard InChI is InChI=1S/C15H15NO2/c17-15(18)14(11-12-7-3-1-4-8-12)16-13-9-5-2-6-10-13/h1-10,14,16H,11H2,(H,17,18)/p-1/t14-/m0/s1. The lowest BCUT2D eigenvalue weighted by Gasteiger charge is -2.21. The van der Waals surface area contributed by atoms with Gasteiger partial charge < -0.3 is 15.2 Å². The minimum Gasteiger partial charge on any atom is -0.548 e. The van der Waals surface area contributed by atoms with Crippen LogP contribution in [-0.2, 0) is 11.2 Å². The minimum atomic E-state index is -1.09. The van der Waals surface area contributed by atoms with Gasteiger partial charge in [0.25, 0.3) is 0 Å². The van der Waals surface area contributed by atoms with Crippen LogP contribution in [0.1, 0.15) is 5.56 Å². The Labute approximate surface area is 106 Å². The third-order valence-electron chi connectivity index (χ3n) is 2.68. The highest BCUT2D eigenvalue weighted by Crippen LogP contribution is 2.10.